The summed E-state index contributed by atoms with van der Waals surface area (Å²) >= 11 is 0. The standard InChI is InChI=1S/C17H17F3N6O/c1-2-25-9-11(8-22-25)13-4-3-12(6-14(13)18)26-15(23-24-17(26)27)5-10(7-21)16(19)20/h3-4,6,8-9H,2,5,7,21H2,1H3,(H,24,27). The molecule has 0 saturated heterocycles. The number of benzene rings is 1. The molecule has 0 fully saturated rings. The number of aryl methyl sites for hydroxylation is 1. The highest BCUT2D eigenvalue weighted by Crippen LogP contribution is 2.25. The number of aromatic nitrogens is 5. The molecule has 0 saturated carbocycles. The molecule has 0 aliphatic heterocycles. The monoisotopic (exact) mass is 378 g/mol. The van der Waals surface area contributed by atoms with Crippen LogP contribution in [0.1, 0.15) is 12.7 Å². The van der Waals surface area contributed by atoms with Crippen LogP contribution in [0, 0.1) is 5.82 Å². The van der Waals surface area contributed by atoms with Crippen LogP contribution in [0.25, 0.3) is 16.8 Å². The average molecular weight is 378 g/mol. The first-order chi connectivity index (χ1) is 12.9. The van der Waals surface area contributed by atoms with Crippen molar-refractivity contribution in [3.8, 4) is 16.8 Å². The number of nitrogens with zero attached hydrogens (tertiary/aromatic N) is 4. The zero-order chi connectivity index (χ0) is 19.6. The second-order valence-corrected chi connectivity index (χ2v) is 5.77. The van der Waals surface area contributed by atoms with E-state index in [1.165, 1.54) is 12.1 Å². The third-order valence-electron chi connectivity index (χ3n) is 4.11. The van der Waals surface area contributed by atoms with Gasteiger partial charge in [-0.2, -0.15) is 19.0 Å². The van der Waals surface area contributed by atoms with Gasteiger partial charge >= 0.3 is 5.69 Å². The Bertz CT molecular complexity index is 1050. The first-order valence-electron chi connectivity index (χ1n) is 8.16. The number of aromatic amines is 1. The first kappa shape index (κ1) is 18.6. The van der Waals surface area contributed by atoms with E-state index in [1.54, 1.807) is 17.1 Å². The SMILES string of the molecule is CCn1cc(-c2ccc(-n3c(CC(CN)=C(F)F)n[nH]c3=O)cc2F)cn1. The van der Waals surface area contributed by atoms with Gasteiger partial charge in [-0.3, -0.25) is 4.68 Å². The van der Waals surface area contributed by atoms with Crippen LogP contribution < -0.4 is 11.4 Å². The molecule has 0 amide bonds. The third kappa shape index (κ3) is 3.70. The number of nitrogens with two attached hydrogens (primary N) is 1. The zero-order valence-electron chi connectivity index (χ0n) is 14.4. The van der Waals surface area contributed by atoms with E-state index in [0.29, 0.717) is 17.7 Å². The maximum Gasteiger partial charge on any atom is 0.347 e. The lowest BCUT2D eigenvalue weighted by Gasteiger charge is -2.09. The molecule has 3 rings (SSSR count). The predicted molar refractivity (Wildman–Crippen MR) is 93.0 cm³/mol. The van der Waals surface area contributed by atoms with E-state index in [4.69, 9.17) is 5.73 Å². The lowest BCUT2D eigenvalue weighted by atomic mass is 10.1. The second-order valence-electron chi connectivity index (χ2n) is 5.77. The Balaban J connectivity index is 2.00. The Labute approximate surface area is 151 Å². The van der Waals surface area contributed by atoms with Gasteiger partial charge in [-0.15, -0.1) is 0 Å². The van der Waals surface area contributed by atoms with E-state index in [9.17, 15) is 18.0 Å². The van der Waals surface area contributed by atoms with Gasteiger partial charge in [-0.1, -0.05) is 0 Å². The van der Waals surface area contributed by atoms with Crippen molar-refractivity contribution in [1.82, 2.24) is 24.5 Å². The van der Waals surface area contributed by atoms with E-state index in [0.717, 1.165) is 10.6 Å². The van der Waals surface area contributed by atoms with Crippen LogP contribution >= 0.6 is 0 Å². The fourth-order valence-corrected chi connectivity index (χ4v) is 2.67. The van der Waals surface area contributed by atoms with Crippen LogP contribution in [0.4, 0.5) is 13.2 Å². The maximum absolute atomic E-state index is 14.6. The van der Waals surface area contributed by atoms with Crippen LogP contribution in [0.2, 0.25) is 0 Å². The molecular formula is C17H17F3N6O. The van der Waals surface area contributed by atoms with E-state index in [-0.39, 0.29) is 30.1 Å². The summed E-state index contributed by atoms with van der Waals surface area (Å²) < 4.78 is 43.1. The van der Waals surface area contributed by atoms with Gasteiger partial charge in [0.2, 0.25) is 0 Å². The quantitative estimate of drug-likeness (QED) is 0.688. The van der Waals surface area contributed by atoms with Crippen LogP contribution in [0.3, 0.4) is 0 Å². The Morgan fingerprint density at radius 1 is 1.33 bits per heavy atom. The summed E-state index contributed by atoms with van der Waals surface area (Å²) in [6, 6.07) is 4.16. The molecule has 0 bridgehead atoms. The third-order valence-corrected chi connectivity index (χ3v) is 4.11. The van der Waals surface area contributed by atoms with Crippen LogP contribution in [-0.4, -0.2) is 31.1 Å². The van der Waals surface area contributed by atoms with Gasteiger partial charge in [-0.05, 0) is 25.1 Å². The van der Waals surface area contributed by atoms with Crippen LogP contribution in [0.5, 0.6) is 0 Å². The van der Waals surface area contributed by atoms with Gasteiger partial charge in [0.05, 0.1) is 11.9 Å². The molecular weight excluding hydrogens is 361 g/mol. The molecule has 3 N–H and O–H groups in total. The van der Waals surface area contributed by atoms with Gasteiger partial charge in [0.1, 0.15) is 11.6 Å². The summed E-state index contributed by atoms with van der Waals surface area (Å²) in [6.45, 7) is 2.18. The smallest absolute Gasteiger partial charge is 0.327 e. The summed E-state index contributed by atoms with van der Waals surface area (Å²) in [5, 5.41) is 10.1. The van der Waals surface area contributed by atoms with Crippen molar-refractivity contribution in [2.75, 3.05) is 6.54 Å². The van der Waals surface area contributed by atoms with E-state index in [1.807, 2.05) is 6.92 Å². The molecule has 2 aromatic heterocycles. The number of halogens is 3. The number of nitrogens with one attached hydrogen (secondary N) is 1. The summed E-state index contributed by atoms with van der Waals surface area (Å²) in [7, 11) is 0. The minimum Gasteiger partial charge on any atom is -0.327 e. The molecule has 1 aromatic carbocycles. The maximum atomic E-state index is 14.6. The number of H-pyrrole nitrogens is 1. The molecule has 0 radical (unpaired) electrons. The fourth-order valence-electron chi connectivity index (χ4n) is 2.67. The minimum atomic E-state index is -1.92. The Kier molecular flexibility index (Phi) is 5.26. The number of hydrogen-bond acceptors (Lipinski definition) is 4. The topological polar surface area (TPSA) is 94.5 Å². The normalized spacial score (nSPS) is 11.0. The van der Waals surface area contributed by atoms with Gasteiger partial charge in [0.15, 0.2) is 0 Å². The molecule has 0 aliphatic carbocycles. The Hall–Kier alpha value is -3.14. The van der Waals surface area contributed by atoms with Gasteiger partial charge in [0, 0.05) is 42.4 Å². The highest BCUT2D eigenvalue weighted by Gasteiger charge is 2.16. The molecule has 10 heteroatoms. The van der Waals surface area contributed by atoms with Gasteiger partial charge < -0.3 is 5.73 Å². The lowest BCUT2D eigenvalue weighted by molar-refractivity contribution is 0.407. The molecule has 0 atom stereocenters. The Morgan fingerprint density at radius 3 is 2.70 bits per heavy atom. The number of rotatable bonds is 6. The molecule has 0 spiro atoms. The minimum absolute atomic E-state index is 0.0132. The van der Waals surface area contributed by atoms with Crippen molar-refractivity contribution >= 4 is 0 Å². The molecule has 7 nitrogen and oxygen atoms in total. The van der Waals surface area contributed by atoms with E-state index >= 15 is 0 Å². The van der Waals surface area contributed by atoms with E-state index < -0.39 is 17.6 Å². The highest BCUT2D eigenvalue weighted by atomic mass is 19.3. The summed E-state index contributed by atoms with van der Waals surface area (Å²) in [5.74, 6) is -0.562. The highest BCUT2D eigenvalue weighted by molar-refractivity contribution is 5.64. The molecule has 142 valence electrons. The van der Waals surface area contributed by atoms with Crippen molar-refractivity contribution in [2.45, 2.75) is 19.9 Å². The van der Waals surface area contributed by atoms with Crippen LogP contribution in [-0.2, 0) is 13.0 Å². The number of hydrogen-bond donors (Lipinski definition) is 2. The Morgan fingerprint density at radius 2 is 2.11 bits per heavy atom. The fraction of sp³-hybridized carbons (Fsp3) is 0.235. The molecule has 2 heterocycles. The summed E-state index contributed by atoms with van der Waals surface area (Å²) in [6.07, 6.45) is 0.994. The van der Waals surface area contributed by atoms with Crippen molar-refractivity contribution in [3.63, 3.8) is 0 Å². The predicted octanol–water partition coefficient (Wildman–Crippen LogP) is 2.23. The van der Waals surface area contributed by atoms with Gasteiger partial charge in [0.25, 0.3) is 6.08 Å². The average Bonchev–Trinajstić information content (AvgIpc) is 3.25. The molecule has 0 aliphatic rings. The van der Waals surface area contributed by atoms with Gasteiger partial charge in [-0.25, -0.2) is 18.9 Å². The second kappa shape index (κ2) is 7.62. The largest absolute Gasteiger partial charge is 0.347 e. The lowest BCUT2D eigenvalue weighted by Crippen LogP contribution is -2.18. The van der Waals surface area contributed by atoms with Crippen LogP contribution in [0.15, 0.2) is 47.0 Å². The van der Waals surface area contributed by atoms with Crippen molar-refractivity contribution in [1.29, 1.82) is 0 Å². The summed E-state index contributed by atoms with van der Waals surface area (Å²) in [4.78, 5) is 12.1. The molecule has 0 unspecified atom stereocenters. The molecule has 3 aromatic rings. The van der Waals surface area contributed by atoms with E-state index in [2.05, 4.69) is 15.3 Å². The van der Waals surface area contributed by atoms with Crippen molar-refractivity contribution < 1.29 is 13.2 Å². The van der Waals surface area contributed by atoms with Crippen molar-refractivity contribution in [2.24, 2.45) is 5.73 Å². The first-order valence-corrected chi connectivity index (χ1v) is 8.16. The molecule has 27 heavy (non-hydrogen) atoms. The van der Waals surface area contributed by atoms with Crippen molar-refractivity contribution in [3.05, 3.63) is 64.4 Å². The zero-order valence-corrected chi connectivity index (χ0v) is 14.4. The summed E-state index contributed by atoms with van der Waals surface area (Å²) in [5.41, 5.74) is 5.37.